The van der Waals surface area contributed by atoms with Crippen molar-refractivity contribution < 1.29 is 4.42 Å². The van der Waals surface area contributed by atoms with E-state index in [1.165, 1.54) is 126 Å². The number of furan rings is 1. The van der Waals surface area contributed by atoms with E-state index >= 15 is 0 Å². The molecule has 0 unspecified atom stereocenters. The molecule has 0 saturated heterocycles. The van der Waals surface area contributed by atoms with E-state index in [4.69, 9.17) is 4.42 Å². The van der Waals surface area contributed by atoms with Crippen molar-refractivity contribution in [2.24, 2.45) is 0 Å². The Bertz CT molecular complexity index is 4100. The molecule has 0 saturated carbocycles. The third-order valence-corrected chi connectivity index (χ3v) is 14.8. The molecule has 1 spiro atoms. The Kier molecular flexibility index (Phi) is 6.67. The van der Waals surface area contributed by atoms with Gasteiger partial charge in [0.15, 0.2) is 0 Å². The molecule has 1 nitrogen and oxygen atoms in total. The topological polar surface area (TPSA) is 13.1 Å². The van der Waals surface area contributed by atoms with Gasteiger partial charge in [-0.1, -0.05) is 170 Å². The van der Waals surface area contributed by atoms with Crippen LogP contribution in [-0.2, 0) is 5.41 Å². The van der Waals surface area contributed by atoms with Crippen molar-refractivity contribution in [1.82, 2.24) is 0 Å². The van der Waals surface area contributed by atoms with Gasteiger partial charge >= 0.3 is 0 Å². The lowest BCUT2D eigenvalue weighted by atomic mass is 9.70. The summed E-state index contributed by atoms with van der Waals surface area (Å²) in [4.78, 5) is 0. The van der Waals surface area contributed by atoms with E-state index in [0.717, 1.165) is 16.6 Å². The van der Waals surface area contributed by atoms with Gasteiger partial charge in [0.05, 0.1) is 5.41 Å². The van der Waals surface area contributed by atoms with Crippen LogP contribution in [-0.4, -0.2) is 0 Å². The van der Waals surface area contributed by atoms with E-state index in [1.807, 2.05) is 0 Å². The maximum absolute atomic E-state index is 6.47. The first-order chi connectivity index (χ1) is 31.7. The van der Waals surface area contributed by atoms with Crippen LogP contribution in [0.15, 0.2) is 223 Å². The molecule has 0 radical (unpaired) electrons. The van der Waals surface area contributed by atoms with Gasteiger partial charge < -0.3 is 4.42 Å². The Balaban J connectivity index is 0.983. The summed E-state index contributed by atoms with van der Waals surface area (Å²) in [6.45, 7) is 0. The number of rotatable bonds is 2. The maximum Gasteiger partial charge on any atom is 0.136 e. The Morgan fingerprint density at radius 2 is 0.719 bits per heavy atom. The maximum atomic E-state index is 6.47. The van der Waals surface area contributed by atoms with Crippen LogP contribution >= 0.6 is 0 Å². The molecule has 13 aromatic rings. The van der Waals surface area contributed by atoms with Crippen molar-refractivity contribution in [2.75, 3.05) is 0 Å². The highest BCUT2D eigenvalue weighted by Crippen LogP contribution is 2.63. The Hall–Kier alpha value is -8.26. The van der Waals surface area contributed by atoms with Crippen LogP contribution in [0.2, 0.25) is 0 Å². The summed E-state index contributed by atoms with van der Waals surface area (Å²) in [5.74, 6) is 0. The van der Waals surface area contributed by atoms with Crippen molar-refractivity contribution >= 4 is 75.8 Å². The average Bonchev–Trinajstić information content (AvgIpc) is 3.97. The Morgan fingerprint density at radius 1 is 0.266 bits per heavy atom. The molecule has 0 atom stereocenters. The number of hydrogen-bond donors (Lipinski definition) is 0. The van der Waals surface area contributed by atoms with Crippen LogP contribution in [0.25, 0.3) is 120 Å². The summed E-state index contributed by atoms with van der Waals surface area (Å²) in [7, 11) is 0. The fourth-order valence-corrected chi connectivity index (χ4v) is 12.2. The summed E-state index contributed by atoms with van der Waals surface area (Å²) >= 11 is 0. The lowest BCUT2D eigenvalue weighted by Crippen LogP contribution is -2.25. The molecule has 0 N–H and O–H groups in total. The number of benzene rings is 12. The second-order valence-corrected chi connectivity index (χ2v) is 17.9. The highest BCUT2D eigenvalue weighted by atomic mass is 16.3. The average molecular weight is 809 g/mol. The summed E-state index contributed by atoms with van der Waals surface area (Å²) in [5.41, 5.74) is 17.1. The predicted octanol–water partition coefficient (Wildman–Crippen LogP) is 17.0. The summed E-state index contributed by atoms with van der Waals surface area (Å²) in [6, 6.07) is 81.8. The summed E-state index contributed by atoms with van der Waals surface area (Å²) in [6.07, 6.45) is 0. The van der Waals surface area contributed by atoms with Gasteiger partial charge in [-0.05, 0) is 169 Å². The Labute approximate surface area is 369 Å². The molecule has 2 aliphatic carbocycles. The van der Waals surface area contributed by atoms with E-state index in [9.17, 15) is 0 Å². The van der Waals surface area contributed by atoms with Crippen molar-refractivity contribution in [3.8, 4) is 44.5 Å². The fraction of sp³-hybridized carbons (Fsp3) is 0.0159. The number of hydrogen-bond acceptors (Lipinski definition) is 1. The zero-order valence-corrected chi connectivity index (χ0v) is 34.7. The zero-order chi connectivity index (χ0) is 41.7. The highest BCUT2D eigenvalue weighted by molar-refractivity contribution is 6.24. The molecule has 1 aromatic heterocycles. The van der Waals surface area contributed by atoms with Crippen molar-refractivity contribution in [3.63, 3.8) is 0 Å². The second kappa shape index (κ2) is 12.4. The molecule has 294 valence electrons. The van der Waals surface area contributed by atoms with E-state index in [1.54, 1.807) is 0 Å². The normalized spacial score (nSPS) is 13.4. The first-order valence-corrected chi connectivity index (χ1v) is 22.3. The van der Waals surface area contributed by atoms with Gasteiger partial charge in [0, 0.05) is 10.8 Å². The Morgan fingerprint density at radius 3 is 1.36 bits per heavy atom. The first kappa shape index (κ1) is 34.3. The van der Waals surface area contributed by atoms with Crippen molar-refractivity contribution in [2.45, 2.75) is 5.41 Å². The van der Waals surface area contributed by atoms with Gasteiger partial charge in [-0.25, -0.2) is 0 Å². The van der Waals surface area contributed by atoms with Crippen molar-refractivity contribution in [1.29, 1.82) is 0 Å². The molecule has 1 heterocycles. The van der Waals surface area contributed by atoms with Gasteiger partial charge in [-0.3, -0.25) is 0 Å². The first-order valence-electron chi connectivity index (χ1n) is 22.3. The minimum Gasteiger partial charge on any atom is -0.456 e. The monoisotopic (exact) mass is 808 g/mol. The van der Waals surface area contributed by atoms with Gasteiger partial charge in [-0.2, -0.15) is 0 Å². The van der Waals surface area contributed by atoms with Crippen LogP contribution in [0, 0.1) is 0 Å². The van der Waals surface area contributed by atoms with E-state index < -0.39 is 5.41 Å². The molecule has 0 fully saturated rings. The lowest BCUT2D eigenvalue weighted by Gasteiger charge is -2.30. The van der Waals surface area contributed by atoms with Gasteiger partial charge in [0.2, 0.25) is 0 Å². The second-order valence-electron chi connectivity index (χ2n) is 17.9. The molecular formula is C63H36O. The van der Waals surface area contributed by atoms with E-state index in [2.05, 4.69) is 218 Å². The molecule has 0 aliphatic heterocycles. The summed E-state index contributed by atoms with van der Waals surface area (Å²) in [5, 5.41) is 14.8. The quantitative estimate of drug-likeness (QED) is 0.159. The standard InChI is InChI=1S/C63H36O/c1-2-15-39-35-56-51(32-38(39)14-1)52-33-40-25-26-41(31-43(40)36-57(52)63(56)54-23-11-9-17-45(54)46-18-10-12-24-55(46)63)60-47-19-5-7-21-49(47)61(50-22-8-6-20-48(50)60)42-28-29-58-53(34-42)62-44-16-4-3-13-37(44)27-30-59(62)64-58/h1-36H. The number of fused-ring (bicyclic) bond motifs is 19. The zero-order valence-electron chi connectivity index (χ0n) is 34.7. The van der Waals surface area contributed by atoms with Crippen LogP contribution in [0.4, 0.5) is 0 Å². The minimum atomic E-state index is -0.430. The van der Waals surface area contributed by atoms with Crippen molar-refractivity contribution in [3.05, 3.63) is 241 Å². The third kappa shape index (κ3) is 4.38. The molecule has 2 aliphatic rings. The third-order valence-electron chi connectivity index (χ3n) is 14.8. The van der Waals surface area contributed by atoms with Crippen LogP contribution in [0.3, 0.4) is 0 Å². The van der Waals surface area contributed by atoms with Gasteiger partial charge in [-0.15, -0.1) is 0 Å². The molecule has 12 aromatic carbocycles. The van der Waals surface area contributed by atoms with Crippen LogP contribution < -0.4 is 0 Å². The molecule has 0 amide bonds. The largest absolute Gasteiger partial charge is 0.456 e. The fourth-order valence-electron chi connectivity index (χ4n) is 12.2. The van der Waals surface area contributed by atoms with Gasteiger partial charge in [0.1, 0.15) is 11.2 Å². The SMILES string of the molecule is c1ccc2c(c1)-c1ccccc1C21c2cc3ccccc3cc2-c2cc3ccc(-c4c5ccccc5c(-c5ccc6oc7ccc8ccccc8c7c6c5)c5ccccc45)cc3cc21. The van der Waals surface area contributed by atoms with Crippen LogP contribution in [0.5, 0.6) is 0 Å². The molecular weight excluding hydrogens is 773 g/mol. The van der Waals surface area contributed by atoms with Crippen LogP contribution in [0.1, 0.15) is 22.3 Å². The molecule has 0 bridgehead atoms. The van der Waals surface area contributed by atoms with E-state index in [0.29, 0.717) is 0 Å². The minimum absolute atomic E-state index is 0.430. The predicted molar refractivity (Wildman–Crippen MR) is 268 cm³/mol. The summed E-state index contributed by atoms with van der Waals surface area (Å²) < 4.78 is 6.47. The lowest BCUT2D eigenvalue weighted by molar-refractivity contribution is 0.669. The highest BCUT2D eigenvalue weighted by Gasteiger charge is 2.51. The smallest absolute Gasteiger partial charge is 0.136 e. The molecule has 15 rings (SSSR count). The van der Waals surface area contributed by atoms with E-state index in [-0.39, 0.29) is 0 Å². The van der Waals surface area contributed by atoms with Gasteiger partial charge in [0.25, 0.3) is 0 Å². The molecule has 64 heavy (non-hydrogen) atoms. The molecule has 1 heteroatoms.